The van der Waals surface area contributed by atoms with E-state index in [1.807, 2.05) is 24.3 Å². The first-order valence-corrected chi connectivity index (χ1v) is 10.1. The maximum absolute atomic E-state index is 11.8. The number of carbonyl (C=O) groups is 2. The van der Waals surface area contributed by atoms with Gasteiger partial charge >= 0.3 is 5.97 Å². The van der Waals surface area contributed by atoms with Crippen molar-refractivity contribution in [1.82, 2.24) is 5.32 Å². The zero-order valence-corrected chi connectivity index (χ0v) is 16.5. The number of hydrogen-bond donors (Lipinski definition) is 1. The first-order valence-electron chi connectivity index (χ1n) is 9.24. The highest BCUT2D eigenvalue weighted by atomic mass is 32.2. The van der Waals surface area contributed by atoms with Crippen molar-refractivity contribution in [3.05, 3.63) is 46.4 Å². The van der Waals surface area contributed by atoms with Gasteiger partial charge in [0.1, 0.15) is 0 Å². The Labute approximate surface area is 168 Å². The molecule has 2 fully saturated rings. The second-order valence-corrected chi connectivity index (χ2v) is 7.58. The second-order valence-electron chi connectivity index (χ2n) is 6.55. The van der Waals surface area contributed by atoms with Crippen molar-refractivity contribution in [3.8, 4) is 0 Å². The molecule has 1 heterocycles. The van der Waals surface area contributed by atoms with E-state index in [2.05, 4.69) is 20.3 Å². The van der Waals surface area contributed by atoms with E-state index in [9.17, 15) is 9.59 Å². The van der Waals surface area contributed by atoms with Crippen molar-refractivity contribution in [2.75, 3.05) is 7.11 Å². The Bertz CT molecular complexity index is 813. The van der Waals surface area contributed by atoms with E-state index in [-0.39, 0.29) is 4.91 Å². The van der Waals surface area contributed by atoms with Crippen molar-refractivity contribution < 1.29 is 19.1 Å². The second kappa shape index (κ2) is 10.2. The van der Waals surface area contributed by atoms with Crippen molar-refractivity contribution >= 4 is 35.0 Å². The van der Waals surface area contributed by atoms with Crippen molar-refractivity contribution in [2.24, 2.45) is 10.2 Å². The lowest BCUT2D eigenvalue weighted by Gasteiger charge is -2.22. The normalized spacial score (nSPS) is 20.8. The number of amidine groups is 1. The SMILES string of the molecule is COC(=O)/C=C1/S/C(=N\N=Cc2cccc(COC3CCCCC3)c2)NC1=O. The number of rotatable bonds is 6. The van der Waals surface area contributed by atoms with Crippen LogP contribution in [0.1, 0.15) is 43.2 Å². The van der Waals surface area contributed by atoms with Gasteiger partial charge in [0, 0.05) is 6.08 Å². The molecule has 2 aliphatic rings. The van der Waals surface area contributed by atoms with E-state index in [0.29, 0.717) is 17.9 Å². The Morgan fingerprint density at radius 3 is 2.93 bits per heavy atom. The largest absolute Gasteiger partial charge is 0.466 e. The standard InChI is InChI=1S/C20H23N3O4S/c1-26-18(24)11-17-19(25)22-20(28-17)23-21-12-14-6-5-7-15(10-14)13-27-16-8-3-2-4-9-16/h5-7,10-12,16H,2-4,8-9,13H2,1H3,(H,22,23,25)/b17-11+,21-12?. The molecule has 0 atom stereocenters. The van der Waals surface area contributed by atoms with Crippen LogP contribution in [0.15, 0.2) is 45.4 Å². The van der Waals surface area contributed by atoms with Crippen LogP contribution in [0, 0.1) is 0 Å². The summed E-state index contributed by atoms with van der Waals surface area (Å²) in [7, 11) is 1.25. The highest BCUT2D eigenvalue weighted by Gasteiger charge is 2.25. The number of esters is 1. The monoisotopic (exact) mass is 401 g/mol. The molecule has 1 saturated heterocycles. The summed E-state index contributed by atoms with van der Waals surface area (Å²) in [5.41, 5.74) is 1.99. The molecule has 1 aliphatic carbocycles. The Balaban J connectivity index is 1.55. The van der Waals surface area contributed by atoms with E-state index in [0.717, 1.165) is 41.8 Å². The molecule has 0 spiro atoms. The summed E-state index contributed by atoms with van der Waals surface area (Å²) in [4.78, 5) is 23.2. The maximum Gasteiger partial charge on any atom is 0.331 e. The Kier molecular flexibility index (Phi) is 7.39. The maximum atomic E-state index is 11.8. The van der Waals surface area contributed by atoms with E-state index >= 15 is 0 Å². The molecular weight excluding hydrogens is 378 g/mol. The van der Waals surface area contributed by atoms with Crippen LogP contribution in [0.5, 0.6) is 0 Å². The fourth-order valence-corrected chi connectivity index (χ4v) is 3.74. The minimum absolute atomic E-state index is 0.225. The van der Waals surface area contributed by atoms with Gasteiger partial charge in [0.25, 0.3) is 5.91 Å². The van der Waals surface area contributed by atoms with Crippen LogP contribution in [0.2, 0.25) is 0 Å². The molecule has 0 aromatic heterocycles. The quantitative estimate of drug-likeness (QED) is 0.342. The lowest BCUT2D eigenvalue weighted by Crippen LogP contribution is -2.19. The van der Waals surface area contributed by atoms with Gasteiger partial charge in [-0.1, -0.05) is 37.5 Å². The smallest absolute Gasteiger partial charge is 0.331 e. The van der Waals surface area contributed by atoms with Crippen LogP contribution < -0.4 is 5.32 Å². The van der Waals surface area contributed by atoms with E-state index < -0.39 is 11.9 Å². The minimum Gasteiger partial charge on any atom is -0.466 e. The summed E-state index contributed by atoms with van der Waals surface area (Å²) in [5, 5.41) is 10.9. The molecule has 3 rings (SSSR count). The number of amides is 1. The molecule has 0 radical (unpaired) electrons. The lowest BCUT2D eigenvalue weighted by atomic mass is 9.98. The number of carbonyl (C=O) groups excluding carboxylic acids is 2. The van der Waals surface area contributed by atoms with E-state index in [4.69, 9.17) is 4.74 Å². The highest BCUT2D eigenvalue weighted by molar-refractivity contribution is 8.18. The average molecular weight is 401 g/mol. The van der Waals surface area contributed by atoms with Gasteiger partial charge in [0.15, 0.2) is 5.17 Å². The van der Waals surface area contributed by atoms with E-state index in [1.54, 1.807) is 6.21 Å². The fraction of sp³-hybridized carbons (Fsp3) is 0.400. The summed E-state index contributed by atoms with van der Waals surface area (Å²) in [6.45, 7) is 0.592. The fourth-order valence-electron chi connectivity index (χ4n) is 3.00. The molecule has 1 aromatic carbocycles. The predicted octanol–water partition coefficient (Wildman–Crippen LogP) is 3.15. The van der Waals surface area contributed by atoms with Crippen LogP contribution in [-0.4, -0.2) is 36.5 Å². The van der Waals surface area contributed by atoms with Crippen LogP contribution in [0.4, 0.5) is 0 Å². The van der Waals surface area contributed by atoms with Crippen LogP contribution in [0.3, 0.4) is 0 Å². The summed E-state index contributed by atoms with van der Waals surface area (Å²) in [5.74, 6) is -0.985. The van der Waals surface area contributed by atoms with E-state index in [1.165, 1.54) is 26.4 Å². The first-order chi connectivity index (χ1) is 13.6. The molecule has 1 saturated carbocycles. The summed E-state index contributed by atoms with van der Waals surface area (Å²) in [6, 6.07) is 7.92. The number of thioether (sulfide) groups is 1. The third-order valence-corrected chi connectivity index (χ3v) is 5.35. The van der Waals surface area contributed by atoms with Crippen molar-refractivity contribution in [3.63, 3.8) is 0 Å². The first kappa shape index (κ1) is 20.3. The molecule has 0 unspecified atom stereocenters. The van der Waals surface area contributed by atoms with Gasteiger partial charge in [-0.05, 0) is 41.8 Å². The van der Waals surface area contributed by atoms with Gasteiger partial charge in [-0.2, -0.15) is 5.10 Å². The Morgan fingerprint density at radius 2 is 2.14 bits per heavy atom. The Hall–Kier alpha value is -2.45. The molecule has 7 nitrogen and oxygen atoms in total. The van der Waals surface area contributed by atoms with Crippen molar-refractivity contribution in [2.45, 2.75) is 44.8 Å². The summed E-state index contributed by atoms with van der Waals surface area (Å²) in [6.07, 6.45) is 9.22. The number of benzene rings is 1. The van der Waals surface area contributed by atoms with Gasteiger partial charge < -0.3 is 9.47 Å². The van der Waals surface area contributed by atoms with Crippen LogP contribution in [0.25, 0.3) is 0 Å². The van der Waals surface area contributed by atoms with Gasteiger partial charge in [0.2, 0.25) is 0 Å². The molecule has 8 heteroatoms. The molecule has 1 amide bonds. The summed E-state index contributed by atoms with van der Waals surface area (Å²) < 4.78 is 10.5. The van der Waals surface area contributed by atoms with Gasteiger partial charge in [-0.15, -0.1) is 5.10 Å². The number of hydrogen-bond acceptors (Lipinski definition) is 7. The number of methoxy groups -OCH3 is 1. The molecule has 1 aliphatic heterocycles. The average Bonchev–Trinajstić information content (AvgIpc) is 3.06. The zero-order valence-electron chi connectivity index (χ0n) is 15.7. The zero-order chi connectivity index (χ0) is 19.8. The third-order valence-electron chi connectivity index (χ3n) is 4.45. The van der Waals surface area contributed by atoms with Gasteiger partial charge in [-0.3, -0.25) is 10.1 Å². The summed E-state index contributed by atoms with van der Waals surface area (Å²) >= 11 is 1.04. The number of ether oxygens (including phenoxy) is 2. The molecule has 1 N–H and O–H groups in total. The van der Waals surface area contributed by atoms with Gasteiger partial charge in [0.05, 0.1) is 30.9 Å². The van der Waals surface area contributed by atoms with Crippen LogP contribution in [-0.2, 0) is 25.7 Å². The topological polar surface area (TPSA) is 89.3 Å². The highest BCUT2D eigenvalue weighted by Crippen LogP contribution is 2.23. The molecule has 148 valence electrons. The molecule has 1 aromatic rings. The van der Waals surface area contributed by atoms with Crippen LogP contribution >= 0.6 is 11.8 Å². The number of nitrogens with zero attached hydrogens (tertiary/aromatic N) is 2. The predicted molar refractivity (Wildman–Crippen MR) is 109 cm³/mol. The number of nitrogens with one attached hydrogen (secondary N) is 1. The molecule has 0 bridgehead atoms. The Morgan fingerprint density at radius 1 is 1.32 bits per heavy atom. The minimum atomic E-state index is -0.588. The van der Waals surface area contributed by atoms with Crippen molar-refractivity contribution in [1.29, 1.82) is 0 Å². The van der Waals surface area contributed by atoms with Gasteiger partial charge in [-0.25, -0.2) is 4.79 Å². The lowest BCUT2D eigenvalue weighted by molar-refractivity contribution is -0.135. The third kappa shape index (κ3) is 6.03. The molecule has 28 heavy (non-hydrogen) atoms. The molecular formula is C20H23N3O4S.